The van der Waals surface area contributed by atoms with E-state index in [0.717, 1.165) is 0 Å². The molecule has 5 heteroatoms. The smallest absolute Gasteiger partial charge is 0.0606 e. The lowest BCUT2D eigenvalue weighted by Gasteiger charge is -1.02. The fourth-order valence-electron chi connectivity index (χ4n) is 0. The first kappa shape index (κ1) is 6410. The van der Waals surface area contributed by atoms with Crippen molar-refractivity contribution in [2.45, 2.75) is 383 Å². The Kier molecular flexibility index (Phi) is 184000000. The fourth-order valence-corrected chi connectivity index (χ4v) is 0. The van der Waals surface area contributed by atoms with Gasteiger partial charge < -0.3 is 0 Å². The second-order valence-corrected chi connectivity index (χ2v) is 0. The normalized spacial score (nSPS) is 0.439. The maximum absolute atomic E-state index is 4.50. The molecule has 0 fully saturated rings. The van der Waals surface area contributed by atoms with Gasteiger partial charge in [0, 0.05) is 0 Å². The monoisotopic (exact) mass is 884 g/mol. The molecule has 0 aliphatic rings. The minimum atomic E-state index is 0. The van der Waals surface area contributed by atoms with Gasteiger partial charge in [-0.1, -0.05) is 383 Å². The van der Waals surface area contributed by atoms with Crippen LogP contribution in [0.4, 0.5) is 0 Å². The molecule has 0 N–H and O–H groups in total. The van der Waals surface area contributed by atoms with Crippen molar-refractivity contribution in [3.05, 3.63) is 0 Å². The standard InChI is InChI=1S/5CH3B.47CH4/c5*1-2;;;;;;;;;;;;;;;;;;;;;;;;;;;;;;;;;;;;;;;;;;;;;;;/h5*1H3;47*1H4. The highest BCUT2D eigenvalue weighted by Gasteiger charge is 0.992. The van der Waals surface area contributed by atoms with Crippen molar-refractivity contribution in [1.82, 2.24) is 0 Å². The highest BCUT2D eigenvalue weighted by molar-refractivity contribution is 6.06. The van der Waals surface area contributed by atoms with Gasteiger partial charge in [-0.25, -0.2) is 0 Å². The molecule has 0 saturated heterocycles. The molecule has 0 aliphatic heterocycles. The lowest BCUT2D eigenvalue weighted by molar-refractivity contribution is 2.39. The van der Waals surface area contributed by atoms with Crippen LogP contribution in [0.3, 0.4) is 0 Å². The molecule has 0 aromatic carbocycles. The van der Waals surface area contributed by atoms with Crippen LogP contribution in [0.5, 0.6) is 0 Å². The Balaban J connectivity index is -0.0000000000909. The number of hydrogen-bond acceptors (Lipinski definition) is 0. The topological polar surface area (TPSA) is 0 Å². The van der Waals surface area contributed by atoms with Crippen molar-refractivity contribution in [3.8, 4) is 0 Å². The lowest BCUT2D eigenvalue weighted by atomic mass is 10.2. The Bertz CT molecular complexity index is 24.4. The third-order valence-electron chi connectivity index (χ3n) is 0. The molecule has 57 heavy (non-hydrogen) atoms. The Labute approximate surface area is 420 Å². The maximum atomic E-state index is 4.50. The summed E-state index contributed by atoms with van der Waals surface area (Å²) in [6.45, 7) is 7.50. The van der Waals surface area contributed by atoms with E-state index < -0.39 is 0 Å². The second-order valence-electron chi connectivity index (χ2n) is 0. The molecule has 0 rings (SSSR count). The van der Waals surface area contributed by atoms with Crippen molar-refractivity contribution in [3.63, 3.8) is 0 Å². The fraction of sp³-hybridized carbons (Fsp3) is 1.00. The molecule has 0 bridgehead atoms. The molecule has 0 aromatic heterocycles. The molecule has 10 radical (unpaired) electrons. The summed E-state index contributed by atoms with van der Waals surface area (Å²) in [5.41, 5.74) is 0. The van der Waals surface area contributed by atoms with Crippen LogP contribution in [0.2, 0.25) is 34.1 Å². The van der Waals surface area contributed by atoms with Crippen LogP contribution in [0, 0.1) is 0 Å². The first-order valence-electron chi connectivity index (χ1n) is 2.89. The zero-order valence-corrected chi connectivity index (χ0v) is 7.89. The van der Waals surface area contributed by atoms with Crippen molar-refractivity contribution >= 4 is 39.2 Å². The Morgan fingerprint density at radius 2 is 0.0702 bits per heavy atom. The minimum Gasteiger partial charge on any atom is -0.0999 e. The molecule has 0 nitrogen and oxygen atoms in total. The molecular formula is C52H203B5. The van der Waals surface area contributed by atoms with Gasteiger partial charge >= 0.3 is 0 Å². The summed E-state index contributed by atoms with van der Waals surface area (Å²) in [7, 11) is 22.5. The van der Waals surface area contributed by atoms with Crippen LogP contribution in [0.1, 0.15) is 349 Å². The highest BCUT2D eigenvalue weighted by Crippen LogP contribution is 0.969. The van der Waals surface area contributed by atoms with E-state index in [1.807, 2.05) is 0 Å². The zero-order chi connectivity index (χ0) is 10.0. The largest absolute Gasteiger partial charge is 0.0999 e. The first-order valence-corrected chi connectivity index (χ1v) is 2.89. The first-order chi connectivity index (χ1) is 5.00. The Morgan fingerprint density at radius 1 is 0.0702 bits per heavy atom. The Hall–Kier alpha value is 0.325. The van der Waals surface area contributed by atoms with Gasteiger partial charge in [0.05, 0.1) is 39.2 Å². The van der Waals surface area contributed by atoms with Crippen LogP contribution >= 0.6 is 0 Å². The molecule has 426 valence electrons. The molecular weight excluding hydrogens is 679 g/mol. The van der Waals surface area contributed by atoms with Crippen LogP contribution < -0.4 is 0 Å². The van der Waals surface area contributed by atoms with Crippen LogP contribution in [-0.4, -0.2) is 39.2 Å². The summed E-state index contributed by atoms with van der Waals surface area (Å²) in [5.74, 6) is 0. The van der Waals surface area contributed by atoms with Crippen LogP contribution in [-0.2, 0) is 0 Å². The van der Waals surface area contributed by atoms with E-state index >= 15 is 0 Å². The molecule has 0 saturated carbocycles. The quantitative estimate of drug-likeness (QED) is 0.213. The highest BCUT2D eigenvalue weighted by atomic mass is 12.6. The average Bonchev–Trinajstić information content (AvgIpc) is 2.20. The van der Waals surface area contributed by atoms with E-state index in [4.69, 9.17) is 0 Å². The summed E-state index contributed by atoms with van der Waals surface area (Å²) < 4.78 is 0. The predicted molar refractivity (Wildman–Crippen MR) is 374 cm³/mol. The van der Waals surface area contributed by atoms with E-state index in [2.05, 4.69) is 39.2 Å². The third kappa shape index (κ3) is 1580000. The van der Waals surface area contributed by atoms with E-state index in [9.17, 15) is 0 Å². The van der Waals surface area contributed by atoms with Gasteiger partial charge in [0.2, 0.25) is 0 Å². The van der Waals surface area contributed by atoms with Gasteiger partial charge in [-0.2, -0.15) is 0 Å². The van der Waals surface area contributed by atoms with Gasteiger partial charge in [-0.3, -0.25) is 0 Å². The number of hydrogen-bond donors (Lipinski definition) is 0. The molecule has 0 heterocycles. The van der Waals surface area contributed by atoms with Gasteiger partial charge in [-0.15, -0.1) is 0 Å². The summed E-state index contributed by atoms with van der Waals surface area (Å²) in [4.78, 5) is 0. The molecule has 0 aromatic rings. The van der Waals surface area contributed by atoms with Gasteiger partial charge in [0.1, 0.15) is 0 Å². The molecule has 0 amide bonds. The summed E-state index contributed by atoms with van der Waals surface area (Å²) in [6.07, 6.45) is 0. The Morgan fingerprint density at radius 3 is 0.0702 bits per heavy atom. The maximum Gasteiger partial charge on any atom is 0.0606 e. The van der Waals surface area contributed by atoms with Crippen molar-refractivity contribution in [2.24, 2.45) is 0 Å². The van der Waals surface area contributed by atoms with E-state index in [1.54, 1.807) is 0 Å². The SMILES string of the molecule is C.C.C.C.C.C.C.C.C.C.C.C.C.C.C.C.C.C.C.C.C.C.C.C.C.C.C.C.C.C.C.C.C.C.C.C.C.C.C.C.C.C.C.C.C.C.C.[B]C.[B]C.[B]C.[B]C.[B]C. The molecule has 0 atom stereocenters. The molecule has 0 unspecified atom stereocenters. The zero-order valence-electron chi connectivity index (χ0n) is 7.89. The van der Waals surface area contributed by atoms with E-state index in [0.29, 0.717) is 0 Å². The van der Waals surface area contributed by atoms with Crippen LogP contribution in [0.15, 0.2) is 0 Å². The lowest BCUT2D eigenvalue weighted by Crippen LogP contribution is -1.13. The number of rotatable bonds is 0. The van der Waals surface area contributed by atoms with Crippen molar-refractivity contribution < 1.29 is 0 Å². The van der Waals surface area contributed by atoms with Gasteiger partial charge in [-0.05, 0) is 0 Å². The summed E-state index contributed by atoms with van der Waals surface area (Å²) in [5, 5.41) is 0. The van der Waals surface area contributed by atoms with Crippen molar-refractivity contribution in [1.29, 1.82) is 0 Å². The summed E-state index contributed by atoms with van der Waals surface area (Å²) in [6, 6.07) is 0. The molecule has 0 aliphatic carbocycles. The third-order valence-corrected chi connectivity index (χ3v) is 0. The predicted octanol–water partition coefficient (Wildman–Crippen LogP) is 30.9. The van der Waals surface area contributed by atoms with E-state index in [-0.39, 0.29) is 349 Å². The van der Waals surface area contributed by atoms with Gasteiger partial charge in [0.25, 0.3) is 0 Å². The second kappa shape index (κ2) is 1640000. The summed E-state index contributed by atoms with van der Waals surface area (Å²) >= 11 is 0. The molecule has 0 spiro atoms. The van der Waals surface area contributed by atoms with Gasteiger partial charge in [0.15, 0.2) is 0 Å². The van der Waals surface area contributed by atoms with Crippen LogP contribution in [0.25, 0.3) is 0 Å². The van der Waals surface area contributed by atoms with Crippen molar-refractivity contribution in [2.75, 3.05) is 0 Å². The van der Waals surface area contributed by atoms with E-state index in [1.165, 1.54) is 34.1 Å². The minimum absolute atomic E-state index is 0. The average molecular weight is 883 g/mol.